The van der Waals surface area contributed by atoms with E-state index in [2.05, 4.69) is 46.2 Å². The fraction of sp³-hybridized carbons (Fsp3) is 0. The average Bonchev–Trinajstić information content (AvgIpc) is 2.38. The number of rotatable bonds is 3. The van der Waals surface area contributed by atoms with Gasteiger partial charge in [-0.25, -0.2) is 0 Å². The Labute approximate surface area is 110 Å². The van der Waals surface area contributed by atoms with E-state index in [4.69, 9.17) is 0 Å². The fourth-order valence-corrected chi connectivity index (χ4v) is 2.01. The molecule has 0 unspecified atom stereocenters. The third kappa shape index (κ3) is 2.37. The summed E-state index contributed by atoms with van der Waals surface area (Å²) in [6.07, 6.45) is 5.36. The van der Waals surface area contributed by atoms with Crippen LogP contribution < -0.4 is 0 Å². The minimum atomic E-state index is 0.861. The van der Waals surface area contributed by atoms with Gasteiger partial charge in [-0.3, -0.25) is 4.98 Å². The summed E-state index contributed by atoms with van der Waals surface area (Å²) >= 11 is 3.43. The molecule has 0 aliphatic heterocycles. The highest BCUT2D eigenvalue weighted by Gasteiger charge is 2.06. The van der Waals surface area contributed by atoms with E-state index in [-0.39, 0.29) is 0 Å². The third-order valence-electron chi connectivity index (χ3n) is 2.57. The van der Waals surface area contributed by atoms with E-state index in [1.165, 1.54) is 0 Å². The van der Waals surface area contributed by atoms with Crippen LogP contribution in [0.5, 0.6) is 0 Å². The molecular weight excluding hydrogens is 274 g/mol. The standard InChI is InChI=1S/C15H12BrN/c1-3-13-14(9-10-17-15(13)4-2)11-5-7-12(16)8-6-11/h3-10H,1-2H2. The van der Waals surface area contributed by atoms with Gasteiger partial charge in [0.15, 0.2) is 0 Å². The first-order valence-electron chi connectivity index (χ1n) is 5.26. The summed E-state index contributed by atoms with van der Waals surface area (Å²) in [5.41, 5.74) is 4.15. The van der Waals surface area contributed by atoms with Crippen molar-refractivity contribution in [2.45, 2.75) is 0 Å². The van der Waals surface area contributed by atoms with Crippen LogP contribution in [0.1, 0.15) is 11.3 Å². The maximum absolute atomic E-state index is 4.27. The van der Waals surface area contributed by atoms with Crippen LogP contribution in [0.2, 0.25) is 0 Å². The zero-order chi connectivity index (χ0) is 12.3. The second-order valence-electron chi connectivity index (χ2n) is 3.57. The molecule has 2 heteroatoms. The molecule has 0 aliphatic rings. The van der Waals surface area contributed by atoms with E-state index in [9.17, 15) is 0 Å². The molecule has 2 rings (SSSR count). The highest BCUT2D eigenvalue weighted by atomic mass is 79.9. The molecule has 0 aliphatic carbocycles. The van der Waals surface area contributed by atoms with Gasteiger partial charge in [-0.1, -0.05) is 47.3 Å². The van der Waals surface area contributed by atoms with Crippen LogP contribution in [-0.2, 0) is 0 Å². The number of hydrogen-bond donors (Lipinski definition) is 0. The summed E-state index contributed by atoms with van der Waals surface area (Å²) in [5.74, 6) is 0. The van der Waals surface area contributed by atoms with Crippen molar-refractivity contribution >= 4 is 28.1 Å². The van der Waals surface area contributed by atoms with Crippen LogP contribution in [-0.4, -0.2) is 4.98 Å². The lowest BCUT2D eigenvalue weighted by atomic mass is 9.99. The van der Waals surface area contributed by atoms with Gasteiger partial charge < -0.3 is 0 Å². The van der Waals surface area contributed by atoms with Crippen molar-refractivity contribution in [2.24, 2.45) is 0 Å². The molecule has 0 fully saturated rings. The Bertz CT molecular complexity index is 556. The molecule has 1 aromatic heterocycles. The number of benzene rings is 1. The van der Waals surface area contributed by atoms with Crippen LogP contribution in [0.4, 0.5) is 0 Å². The van der Waals surface area contributed by atoms with Gasteiger partial charge in [-0.15, -0.1) is 0 Å². The summed E-state index contributed by atoms with van der Waals surface area (Å²) in [6.45, 7) is 7.62. The number of hydrogen-bond acceptors (Lipinski definition) is 1. The number of aromatic nitrogens is 1. The van der Waals surface area contributed by atoms with Gasteiger partial charge >= 0.3 is 0 Å². The van der Waals surface area contributed by atoms with Crippen LogP contribution >= 0.6 is 15.9 Å². The molecule has 1 nitrogen and oxygen atoms in total. The molecule has 17 heavy (non-hydrogen) atoms. The van der Waals surface area contributed by atoms with E-state index in [1.54, 1.807) is 12.3 Å². The summed E-state index contributed by atoms with van der Waals surface area (Å²) in [6, 6.07) is 10.2. The monoisotopic (exact) mass is 285 g/mol. The van der Waals surface area contributed by atoms with Crippen molar-refractivity contribution in [1.82, 2.24) is 4.98 Å². The van der Waals surface area contributed by atoms with Crippen LogP contribution in [0.15, 0.2) is 54.2 Å². The molecule has 0 saturated heterocycles. The van der Waals surface area contributed by atoms with Crippen LogP contribution in [0, 0.1) is 0 Å². The summed E-state index contributed by atoms with van der Waals surface area (Å²) in [5, 5.41) is 0. The predicted octanol–water partition coefficient (Wildman–Crippen LogP) is 4.80. The Morgan fingerprint density at radius 1 is 1.00 bits per heavy atom. The largest absolute Gasteiger partial charge is 0.256 e. The van der Waals surface area contributed by atoms with E-state index in [0.29, 0.717) is 0 Å². The lowest BCUT2D eigenvalue weighted by molar-refractivity contribution is 1.28. The molecule has 0 atom stereocenters. The van der Waals surface area contributed by atoms with E-state index in [0.717, 1.165) is 26.9 Å². The summed E-state index contributed by atoms with van der Waals surface area (Å²) in [7, 11) is 0. The molecule has 0 amide bonds. The quantitative estimate of drug-likeness (QED) is 0.790. The predicted molar refractivity (Wildman–Crippen MR) is 77.6 cm³/mol. The molecule has 84 valence electrons. The van der Waals surface area contributed by atoms with Crippen molar-refractivity contribution in [3.63, 3.8) is 0 Å². The molecule has 0 radical (unpaired) electrons. The highest BCUT2D eigenvalue weighted by molar-refractivity contribution is 9.10. The summed E-state index contributed by atoms with van der Waals surface area (Å²) in [4.78, 5) is 4.27. The van der Waals surface area contributed by atoms with Crippen molar-refractivity contribution in [3.8, 4) is 11.1 Å². The lowest BCUT2D eigenvalue weighted by Gasteiger charge is -2.08. The first-order chi connectivity index (χ1) is 8.26. The van der Waals surface area contributed by atoms with Gasteiger partial charge in [0.1, 0.15) is 0 Å². The second-order valence-corrected chi connectivity index (χ2v) is 4.49. The Kier molecular flexibility index (Phi) is 3.55. The third-order valence-corrected chi connectivity index (χ3v) is 3.10. The zero-order valence-corrected chi connectivity index (χ0v) is 10.9. The normalized spacial score (nSPS) is 9.94. The zero-order valence-electron chi connectivity index (χ0n) is 9.36. The van der Waals surface area contributed by atoms with Crippen molar-refractivity contribution < 1.29 is 0 Å². The molecule has 0 N–H and O–H groups in total. The van der Waals surface area contributed by atoms with E-state index in [1.807, 2.05) is 24.3 Å². The molecule has 0 bridgehead atoms. The number of pyridine rings is 1. The summed E-state index contributed by atoms with van der Waals surface area (Å²) < 4.78 is 1.07. The molecule has 1 aromatic carbocycles. The molecule has 0 saturated carbocycles. The first-order valence-corrected chi connectivity index (χ1v) is 6.05. The van der Waals surface area contributed by atoms with Crippen LogP contribution in [0.3, 0.4) is 0 Å². The minimum absolute atomic E-state index is 0.861. The average molecular weight is 286 g/mol. The Balaban J connectivity index is 2.62. The lowest BCUT2D eigenvalue weighted by Crippen LogP contribution is -1.90. The second kappa shape index (κ2) is 5.11. The Morgan fingerprint density at radius 3 is 2.29 bits per heavy atom. The number of nitrogens with zero attached hydrogens (tertiary/aromatic N) is 1. The van der Waals surface area contributed by atoms with Crippen molar-refractivity contribution in [2.75, 3.05) is 0 Å². The first kappa shape index (κ1) is 11.8. The SMILES string of the molecule is C=Cc1nccc(-c2ccc(Br)cc2)c1C=C. The fourth-order valence-electron chi connectivity index (χ4n) is 1.75. The van der Waals surface area contributed by atoms with Gasteiger partial charge in [-0.2, -0.15) is 0 Å². The van der Waals surface area contributed by atoms with Crippen molar-refractivity contribution in [3.05, 3.63) is 65.4 Å². The highest BCUT2D eigenvalue weighted by Crippen LogP contribution is 2.27. The smallest absolute Gasteiger partial charge is 0.0702 e. The molecule has 2 aromatic rings. The number of halogens is 1. The Hall–Kier alpha value is -1.67. The van der Waals surface area contributed by atoms with E-state index >= 15 is 0 Å². The topological polar surface area (TPSA) is 12.9 Å². The van der Waals surface area contributed by atoms with Gasteiger partial charge in [-0.05, 0) is 35.4 Å². The molecule has 0 spiro atoms. The molecular formula is C15H12BrN. The minimum Gasteiger partial charge on any atom is -0.256 e. The van der Waals surface area contributed by atoms with Gasteiger partial charge in [0.2, 0.25) is 0 Å². The van der Waals surface area contributed by atoms with Crippen LogP contribution in [0.25, 0.3) is 23.3 Å². The van der Waals surface area contributed by atoms with Gasteiger partial charge in [0, 0.05) is 16.2 Å². The van der Waals surface area contributed by atoms with E-state index < -0.39 is 0 Å². The van der Waals surface area contributed by atoms with Crippen molar-refractivity contribution in [1.29, 1.82) is 0 Å². The maximum Gasteiger partial charge on any atom is 0.0702 e. The Morgan fingerprint density at radius 2 is 1.71 bits per heavy atom. The maximum atomic E-state index is 4.27. The van der Waals surface area contributed by atoms with Gasteiger partial charge in [0.25, 0.3) is 0 Å². The molecule has 1 heterocycles. The van der Waals surface area contributed by atoms with Gasteiger partial charge in [0.05, 0.1) is 5.69 Å².